The van der Waals surface area contributed by atoms with Crippen molar-refractivity contribution < 1.29 is 23.9 Å². The van der Waals surface area contributed by atoms with Gasteiger partial charge >= 0.3 is 5.97 Å². The minimum atomic E-state index is -0.710. The molecule has 0 aliphatic rings. The van der Waals surface area contributed by atoms with Crippen LogP contribution < -0.4 is 10.6 Å². The van der Waals surface area contributed by atoms with Gasteiger partial charge in [-0.2, -0.15) is 0 Å². The number of nitrogens with zero attached hydrogens (tertiary/aromatic N) is 2. The second kappa shape index (κ2) is 10.5. The molecule has 2 rings (SSSR count). The zero-order valence-corrected chi connectivity index (χ0v) is 16.2. The van der Waals surface area contributed by atoms with Gasteiger partial charge in [-0.25, -0.2) is 9.78 Å². The van der Waals surface area contributed by atoms with Crippen molar-refractivity contribution >= 4 is 35.1 Å². The molecule has 1 heterocycles. The third-order valence-electron chi connectivity index (χ3n) is 3.76. The highest BCUT2D eigenvalue weighted by atomic mass is 16.5. The second-order valence-corrected chi connectivity index (χ2v) is 6.01. The summed E-state index contributed by atoms with van der Waals surface area (Å²) >= 11 is 0. The lowest BCUT2D eigenvalue weighted by molar-refractivity contribution is -0.137. The molecule has 1 aromatic carbocycles. The number of carbonyl (C=O) groups is 4. The van der Waals surface area contributed by atoms with Crippen LogP contribution in [0.25, 0.3) is 0 Å². The van der Waals surface area contributed by atoms with E-state index in [0.29, 0.717) is 11.4 Å². The molecule has 0 atom stereocenters. The van der Waals surface area contributed by atoms with E-state index >= 15 is 0 Å². The van der Waals surface area contributed by atoms with Gasteiger partial charge in [-0.05, 0) is 43.3 Å². The van der Waals surface area contributed by atoms with E-state index in [1.165, 1.54) is 24.1 Å². The van der Waals surface area contributed by atoms with E-state index in [9.17, 15) is 19.2 Å². The number of likely N-dealkylation sites (N-methyl/N-ethyl adjacent to an activating group) is 1. The lowest BCUT2D eigenvalue weighted by Crippen LogP contribution is -2.40. The predicted octanol–water partition coefficient (Wildman–Crippen LogP) is 1.68. The highest BCUT2D eigenvalue weighted by molar-refractivity contribution is 5.96. The summed E-state index contributed by atoms with van der Waals surface area (Å²) in [6.07, 6.45) is 1.45. The van der Waals surface area contributed by atoms with Gasteiger partial charge in [-0.15, -0.1) is 0 Å². The fraction of sp³-hybridized carbons (Fsp3) is 0.250. The van der Waals surface area contributed by atoms with Crippen LogP contribution in [0, 0.1) is 0 Å². The monoisotopic (exact) mass is 398 g/mol. The van der Waals surface area contributed by atoms with Crippen molar-refractivity contribution in [1.82, 2.24) is 9.88 Å². The Morgan fingerprint density at radius 2 is 1.66 bits per heavy atom. The van der Waals surface area contributed by atoms with Crippen molar-refractivity contribution in [2.75, 3.05) is 30.3 Å². The molecule has 1 aromatic heterocycles. The van der Waals surface area contributed by atoms with Crippen molar-refractivity contribution in [1.29, 1.82) is 0 Å². The number of esters is 1. The molecule has 152 valence electrons. The standard InChI is InChI=1S/C20H22N4O5/c1-3-24(19(27)13-29-20(28)17-6-4-5-11-21-17)12-18(26)23-16-9-7-15(8-10-16)22-14(2)25/h4-11H,3,12-13H2,1-2H3,(H,22,25)(H,23,26). The number of benzene rings is 1. The summed E-state index contributed by atoms with van der Waals surface area (Å²) in [5.41, 5.74) is 1.23. The summed E-state index contributed by atoms with van der Waals surface area (Å²) < 4.78 is 4.96. The smallest absolute Gasteiger partial charge is 0.357 e. The average Bonchev–Trinajstić information content (AvgIpc) is 2.71. The Hall–Kier alpha value is -3.75. The molecule has 3 amide bonds. The molecule has 9 nitrogen and oxygen atoms in total. The first kappa shape index (κ1) is 21.5. The van der Waals surface area contributed by atoms with Crippen LogP contribution in [0.1, 0.15) is 24.3 Å². The van der Waals surface area contributed by atoms with Crippen LogP contribution in [-0.4, -0.2) is 53.3 Å². The first-order valence-electron chi connectivity index (χ1n) is 8.92. The molecule has 0 radical (unpaired) electrons. The minimum absolute atomic E-state index is 0.101. The summed E-state index contributed by atoms with van der Waals surface area (Å²) in [4.78, 5) is 52.5. The quantitative estimate of drug-likeness (QED) is 0.654. The Balaban J connectivity index is 1.84. The molecule has 9 heteroatoms. The van der Waals surface area contributed by atoms with Crippen molar-refractivity contribution in [3.63, 3.8) is 0 Å². The van der Waals surface area contributed by atoms with E-state index in [-0.39, 0.29) is 24.7 Å². The Morgan fingerprint density at radius 3 is 2.21 bits per heavy atom. The number of pyridine rings is 1. The summed E-state index contributed by atoms with van der Waals surface area (Å²) in [7, 11) is 0. The van der Waals surface area contributed by atoms with Crippen LogP contribution in [0.15, 0.2) is 48.7 Å². The number of hydrogen-bond donors (Lipinski definition) is 2. The molecule has 29 heavy (non-hydrogen) atoms. The number of aromatic nitrogens is 1. The third-order valence-corrected chi connectivity index (χ3v) is 3.76. The molecule has 0 saturated heterocycles. The maximum absolute atomic E-state index is 12.3. The molecule has 0 unspecified atom stereocenters. The summed E-state index contributed by atoms with van der Waals surface area (Å²) in [5, 5.41) is 5.30. The predicted molar refractivity (Wildman–Crippen MR) is 106 cm³/mol. The van der Waals surface area contributed by atoms with Crippen molar-refractivity contribution in [2.45, 2.75) is 13.8 Å². The number of hydrogen-bond acceptors (Lipinski definition) is 6. The van der Waals surface area contributed by atoms with Crippen molar-refractivity contribution in [2.24, 2.45) is 0 Å². The van der Waals surface area contributed by atoms with E-state index in [2.05, 4.69) is 15.6 Å². The maximum Gasteiger partial charge on any atom is 0.357 e. The van der Waals surface area contributed by atoms with Crippen LogP contribution in [0.3, 0.4) is 0 Å². The highest BCUT2D eigenvalue weighted by Gasteiger charge is 2.18. The van der Waals surface area contributed by atoms with Crippen LogP contribution >= 0.6 is 0 Å². The summed E-state index contributed by atoms with van der Waals surface area (Å²) in [6.45, 7) is 2.72. The number of anilines is 2. The van der Waals surface area contributed by atoms with Crippen LogP contribution in [0.4, 0.5) is 11.4 Å². The molecule has 0 fully saturated rings. The van der Waals surface area contributed by atoms with E-state index in [1.807, 2.05) is 0 Å². The van der Waals surface area contributed by atoms with Gasteiger partial charge in [0.25, 0.3) is 5.91 Å². The number of amides is 3. The van der Waals surface area contributed by atoms with Crippen LogP contribution in [0.2, 0.25) is 0 Å². The minimum Gasteiger partial charge on any atom is -0.451 e. The normalized spacial score (nSPS) is 10.0. The van der Waals surface area contributed by atoms with Crippen molar-refractivity contribution in [3.8, 4) is 0 Å². The first-order chi connectivity index (χ1) is 13.9. The van der Waals surface area contributed by atoms with E-state index in [0.717, 1.165) is 0 Å². The average molecular weight is 398 g/mol. The molecule has 2 aromatic rings. The number of ether oxygens (including phenoxy) is 1. The molecular formula is C20H22N4O5. The number of nitrogens with one attached hydrogen (secondary N) is 2. The second-order valence-electron chi connectivity index (χ2n) is 6.01. The summed E-state index contributed by atoms with van der Waals surface area (Å²) in [6, 6.07) is 11.3. The van der Waals surface area contributed by atoms with Gasteiger partial charge in [0.05, 0.1) is 6.54 Å². The molecule has 0 bridgehead atoms. The van der Waals surface area contributed by atoms with E-state index < -0.39 is 24.4 Å². The third kappa shape index (κ3) is 7.06. The largest absolute Gasteiger partial charge is 0.451 e. The van der Waals surface area contributed by atoms with E-state index in [1.54, 1.807) is 43.3 Å². The fourth-order valence-corrected chi connectivity index (χ4v) is 2.37. The zero-order valence-electron chi connectivity index (χ0n) is 16.2. The molecule has 0 aliphatic heterocycles. The van der Waals surface area contributed by atoms with Gasteiger partial charge in [0, 0.05) is 31.0 Å². The van der Waals surface area contributed by atoms with Gasteiger partial charge in [-0.3, -0.25) is 14.4 Å². The van der Waals surface area contributed by atoms with Gasteiger partial charge in [0.2, 0.25) is 11.8 Å². The van der Waals surface area contributed by atoms with Crippen LogP contribution in [0.5, 0.6) is 0 Å². The molecule has 0 saturated carbocycles. The Kier molecular flexibility index (Phi) is 7.84. The number of carbonyl (C=O) groups excluding carboxylic acids is 4. The lowest BCUT2D eigenvalue weighted by Gasteiger charge is -2.20. The lowest BCUT2D eigenvalue weighted by atomic mass is 10.2. The van der Waals surface area contributed by atoms with Gasteiger partial charge in [0.1, 0.15) is 5.69 Å². The first-order valence-corrected chi connectivity index (χ1v) is 8.92. The molecule has 2 N–H and O–H groups in total. The number of rotatable bonds is 8. The maximum atomic E-state index is 12.3. The molecular weight excluding hydrogens is 376 g/mol. The molecule has 0 spiro atoms. The topological polar surface area (TPSA) is 118 Å². The van der Waals surface area contributed by atoms with Crippen molar-refractivity contribution in [3.05, 3.63) is 54.4 Å². The van der Waals surface area contributed by atoms with Gasteiger partial charge < -0.3 is 20.3 Å². The van der Waals surface area contributed by atoms with E-state index in [4.69, 9.17) is 4.74 Å². The summed E-state index contributed by atoms with van der Waals surface area (Å²) in [5.74, 6) is -1.79. The van der Waals surface area contributed by atoms with Gasteiger partial charge in [0.15, 0.2) is 6.61 Å². The highest BCUT2D eigenvalue weighted by Crippen LogP contribution is 2.13. The Labute approximate surface area is 168 Å². The van der Waals surface area contributed by atoms with Gasteiger partial charge in [-0.1, -0.05) is 6.07 Å². The fourth-order valence-electron chi connectivity index (χ4n) is 2.37. The zero-order chi connectivity index (χ0) is 21.2. The molecule has 0 aliphatic carbocycles. The Morgan fingerprint density at radius 1 is 1.00 bits per heavy atom. The Bertz CT molecular complexity index is 868. The van der Waals surface area contributed by atoms with Crippen LogP contribution in [-0.2, 0) is 19.1 Å². The SMILES string of the molecule is CCN(CC(=O)Nc1ccc(NC(C)=O)cc1)C(=O)COC(=O)c1ccccn1.